The highest BCUT2D eigenvalue weighted by atomic mass is 16.5. The van der Waals surface area contributed by atoms with Crippen LogP contribution in [-0.2, 0) is 9.59 Å². The number of carbonyl (C=O) groups excluding carboxylic acids is 2. The van der Waals surface area contributed by atoms with Crippen molar-refractivity contribution in [2.75, 3.05) is 26.2 Å². The third kappa shape index (κ3) is 4.69. The number of aliphatic hydroxyl groups is 1. The van der Waals surface area contributed by atoms with E-state index in [-0.39, 0.29) is 23.3 Å². The zero-order chi connectivity index (χ0) is 26.9. The average molecular weight is 509 g/mol. The molecule has 2 heterocycles. The van der Waals surface area contributed by atoms with E-state index < -0.39 is 17.7 Å². The topological polar surface area (TPSA) is 121 Å². The van der Waals surface area contributed by atoms with Gasteiger partial charge in [0.25, 0.3) is 5.78 Å². The SMILES string of the molecule is COc1cc(C2C(=C(O)c3ccc(OC(C)C)cc3)C(=O)C(=O)N2c2cc(C)on2)cc(OC)c1OC. The van der Waals surface area contributed by atoms with Crippen molar-refractivity contribution in [3.63, 3.8) is 0 Å². The van der Waals surface area contributed by atoms with E-state index in [1.807, 2.05) is 13.8 Å². The monoisotopic (exact) mass is 508 g/mol. The fourth-order valence-corrected chi connectivity index (χ4v) is 4.23. The van der Waals surface area contributed by atoms with Gasteiger partial charge in [-0.15, -0.1) is 0 Å². The van der Waals surface area contributed by atoms with E-state index in [1.54, 1.807) is 43.3 Å². The molecule has 1 unspecified atom stereocenters. The van der Waals surface area contributed by atoms with Crippen LogP contribution < -0.4 is 23.8 Å². The number of hydrogen-bond donors (Lipinski definition) is 1. The molecule has 10 heteroatoms. The van der Waals surface area contributed by atoms with E-state index in [9.17, 15) is 14.7 Å². The molecule has 1 N–H and O–H groups in total. The van der Waals surface area contributed by atoms with Crippen molar-refractivity contribution in [1.29, 1.82) is 0 Å². The number of Topliss-reactive ketones (excluding diaryl/α,β-unsaturated/α-hetero) is 1. The Morgan fingerprint density at radius 1 is 1.00 bits per heavy atom. The number of hydrogen-bond acceptors (Lipinski definition) is 9. The van der Waals surface area contributed by atoms with Gasteiger partial charge in [0.1, 0.15) is 17.3 Å². The van der Waals surface area contributed by atoms with Gasteiger partial charge in [0.05, 0.1) is 39.0 Å². The molecular formula is C27H28N2O8. The van der Waals surface area contributed by atoms with Crippen LogP contribution in [0.5, 0.6) is 23.0 Å². The molecule has 0 bridgehead atoms. The molecule has 0 saturated carbocycles. The summed E-state index contributed by atoms with van der Waals surface area (Å²) in [5.41, 5.74) is 0.635. The molecule has 1 aliphatic heterocycles. The molecule has 0 radical (unpaired) electrons. The molecule has 1 aromatic heterocycles. The van der Waals surface area contributed by atoms with Crippen LogP contribution in [0.1, 0.15) is 36.8 Å². The maximum Gasteiger partial charge on any atom is 0.301 e. The first kappa shape index (κ1) is 25.6. The zero-order valence-corrected chi connectivity index (χ0v) is 21.4. The normalized spacial score (nSPS) is 16.8. The lowest BCUT2D eigenvalue weighted by atomic mass is 9.94. The molecule has 10 nitrogen and oxygen atoms in total. The lowest BCUT2D eigenvalue weighted by Crippen LogP contribution is -2.29. The lowest BCUT2D eigenvalue weighted by molar-refractivity contribution is -0.132. The van der Waals surface area contributed by atoms with Gasteiger partial charge in [-0.2, -0.15) is 0 Å². The van der Waals surface area contributed by atoms with Gasteiger partial charge in [-0.25, -0.2) is 0 Å². The third-order valence-corrected chi connectivity index (χ3v) is 5.81. The Morgan fingerprint density at radius 2 is 1.62 bits per heavy atom. The first-order valence-corrected chi connectivity index (χ1v) is 11.5. The van der Waals surface area contributed by atoms with Crippen molar-refractivity contribution >= 4 is 23.3 Å². The number of aryl methyl sites for hydroxylation is 1. The minimum atomic E-state index is -1.07. The lowest BCUT2D eigenvalue weighted by Gasteiger charge is -2.24. The molecule has 1 fully saturated rings. The Bertz CT molecular complexity index is 1330. The highest BCUT2D eigenvalue weighted by Gasteiger charge is 2.48. The smallest absolute Gasteiger partial charge is 0.301 e. The summed E-state index contributed by atoms with van der Waals surface area (Å²) in [4.78, 5) is 27.8. The number of carbonyl (C=O) groups is 2. The van der Waals surface area contributed by atoms with Crippen LogP contribution in [0.25, 0.3) is 5.76 Å². The van der Waals surface area contributed by atoms with Crippen LogP contribution >= 0.6 is 0 Å². The molecule has 0 spiro atoms. The van der Waals surface area contributed by atoms with Crippen molar-refractivity contribution in [2.45, 2.75) is 32.9 Å². The minimum absolute atomic E-state index is 0.0317. The van der Waals surface area contributed by atoms with Gasteiger partial charge in [0, 0.05) is 11.6 Å². The molecule has 2 aromatic carbocycles. The number of rotatable bonds is 8. The molecule has 4 rings (SSSR count). The van der Waals surface area contributed by atoms with Crippen LogP contribution in [0.15, 0.2) is 52.6 Å². The summed E-state index contributed by atoms with van der Waals surface area (Å²) in [5, 5.41) is 15.3. The Morgan fingerprint density at radius 3 is 2.11 bits per heavy atom. The van der Waals surface area contributed by atoms with E-state index in [0.717, 1.165) is 0 Å². The predicted molar refractivity (Wildman–Crippen MR) is 134 cm³/mol. The number of aliphatic hydroxyl groups excluding tert-OH is 1. The fraction of sp³-hybridized carbons (Fsp3) is 0.296. The number of nitrogens with zero attached hydrogens (tertiary/aromatic N) is 2. The maximum atomic E-state index is 13.4. The fourth-order valence-electron chi connectivity index (χ4n) is 4.23. The van der Waals surface area contributed by atoms with Crippen LogP contribution in [0.2, 0.25) is 0 Å². The van der Waals surface area contributed by atoms with Crippen LogP contribution in [0, 0.1) is 6.92 Å². The Hall–Kier alpha value is -4.47. The quantitative estimate of drug-likeness (QED) is 0.268. The number of aromatic nitrogens is 1. The third-order valence-electron chi connectivity index (χ3n) is 5.81. The van der Waals surface area contributed by atoms with E-state index in [1.165, 1.54) is 32.3 Å². The minimum Gasteiger partial charge on any atom is -0.507 e. The molecule has 1 atom stereocenters. The van der Waals surface area contributed by atoms with Gasteiger partial charge >= 0.3 is 5.91 Å². The first-order chi connectivity index (χ1) is 17.7. The number of amides is 1. The zero-order valence-electron chi connectivity index (χ0n) is 21.4. The summed E-state index contributed by atoms with van der Waals surface area (Å²) in [6.45, 7) is 5.47. The van der Waals surface area contributed by atoms with Gasteiger partial charge < -0.3 is 28.6 Å². The number of anilines is 1. The van der Waals surface area contributed by atoms with E-state index in [0.29, 0.717) is 39.9 Å². The Labute approximate surface area is 214 Å². The molecule has 1 amide bonds. The molecule has 1 aliphatic rings. The second-order valence-electron chi connectivity index (χ2n) is 8.61. The second-order valence-corrected chi connectivity index (χ2v) is 8.61. The number of ether oxygens (including phenoxy) is 4. The molecule has 0 aliphatic carbocycles. The van der Waals surface area contributed by atoms with Gasteiger partial charge in [-0.3, -0.25) is 14.5 Å². The van der Waals surface area contributed by atoms with Crippen molar-refractivity contribution < 1.29 is 38.2 Å². The van der Waals surface area contributed by atoms with Crippen LogP contribution in [-0.4, -0.2) is 49.4 Å². The standard InChI is InChI=1S/C27H28N2O8/c1-14(2)36-18-9-7-16(8-10-18)24(30)22-23(17-12-19(33-4)26(35-6)20(13-17)34-5)29(27(32)25(22)31)21-11-15(3)37-28-21/h7-14,23,30H,1-6H3. The largest absolute Gasteiger partial charge is 0.507 e. The van der Waals surface area contributed by atoms with Crippen molar-refractivity contribution in [3.05, 3.63) is 64.9 Å². The molecule has 1 saturated heterocycles. The summed E-state index contributed by atoms with van der Waals surface area (Å²) in [5.74, 6) is 0.0425. The average Bonchev–Trinajstić information content (AvgIpc) is 3.42. The van der Waals surface area contributed by atoms with E-state index in [2.05, 4.69) is 5.16 Å². The van der Waals surface area contributed by atoms with Gasteiger partial charge in [0.15, 0.2) is 17.3 Å². The maximum absolute atomic E-state index is 13.4. The van der Waals surface area contributed by atoms with Crippen molar-refractivity contribution in [2.24, 2.45) is 0 Å². The van der Waals surface area contributed by atoms with E-state index in [4.69, 9.17) is 23.5 Å². The summed E-state index contributed by atoms with van der Waals surface area (Å²) in [6, 6.07) is 10.3. The number of ketones is 1. The molecular weight excluding hydrogens is 480 g/mol. The highest BCUT2D eigenvalue weighted by molar-refractivity contribution is 6.51. The first-order valence-electron chi connectivity index (χ1n) is 11.5. The van der Waals surface area contributed by atoms with Gasteiger partial charge in [0.2, 0.25) is 5.75 Å². The predicted octanol–water partition coefficient (Wildman–Crippen LogP) is 4.42. The summed E-state index contributed by atoms with van der Waals surface area (Å²) < 4.78 is 27.2. The summed E-state index contributed by atoms with van der Waals surface area (Å²) in [6.07, 6.45) is -0.0317. The molecule has 194 valence electrons. The number of benzene rings is 2. The second kappa shape index (κ2) is 10.3. The Balaban J connectivity index is 1.94. The van der Waals surface area contributed by atoms with Gasteiger partial charge in [-0.05, 0) is 62.7 Å². The Kier molecular flexibility index (Phi) is 7.10. The summed E-state index contributed by atoms with van der Waals surface area (Å²) >= 11 is 0. The van der Waals surface area contributed by atoms with Crippen LogP contribution in [0.4, 0.5) is 5.82 Å². The van der Waals surface area contributed by atoms with E-state index >= 15 is 0 Å². The van der Waals surface area contributed by atoms with Crippen LogP contribution in [0.3, 0.4) is 0 Å². The molecule has 37 heavy (non-hydrogen) atoms. The highest BCUT2D eigenvalue weighted by Crippen LogP contribution is 2.47. The van der Waals surface area contributed by atoms with Crippen molar-refractivity contribution in [1.82, 2.24) is 5.16 Å². The van der Waals surface area contributed by atoms with Gasteiger partial charge in [-0.1, -0.05) is 5.16 Å². The summed E-state index contributed by atoms with van der Waals surface area (Å²) in [7, 11) is 4.39. The number of methoxy groups -OCH3 is 3. The molecule has 3 aromatic rings. The van der Waals surface area contributed by atoms with Crippen molar-refractivity contribution in [3.8, 4) is 23.0 Å².